The van der Waals surface area contributed by atoms with Gasteiger partial charge in [0, 0.05) is 18.2 Å². The first-order chi connectivity index (χ1) is 12.9. The van der Waals surface area contributed by atoms with E-state index in [0.717, 1.165) is 11.1 Å². The van der Waals surface area contributed by atoms with Gasteiger partial charge >= 0.3 is 0 Å². The summed E-state index contributed by atoms with van der Waals surface area (Å²) in [5, 5.41) is 3.15. The summed E-state index contributed by atoms with van der Waals surface area (Å²) in [7, 11) is 4.62. The maximum absolute atomic E-state index is 12.6. The van der Waals surface area contributed by atoms with Gasteiger partial charge in [-0.15, -0.1) is 19.0 Å². The summed E-state index contributed by atoms with van der Waals surface area (Å²) in [6, 6.07) is 6.77. The molecule has 152 valence electrons. The van der Waals surface area contributed by atoms with Crippen LogP contribution in [-0.4, -0.2) is 27.2 Å². The molecular weight excluding hydrogens is 403 g/mol. The van der Waals surface area contributed by atoms with Gasteiger partial charge in [-0.3, -0.25) is 4.79 Å². The number of hydrogen-bond acceptors (Lipinski definition) is 5. The van der Waals surface area contributed by atoms with Gasteiger partial charge in [0.2, 0.25) is 0 Å². The lowest BCUT2D eigenvalue weighted by Gasteiger charge is -2.15. The highest BCUT2D eigenvalue weighted by Crippen LogP contribution is 2.33. The van der Waals surface area contributed by atoms with Crippen molar-refractivity contribution in [3.63, 3.8) is 0 Å². The molecule has 0 radical (unpaired) electrons. The molecule has 0 fully saturated rings. The summed E-state index contributed by atoms with van der Waals surface area (Å²) < 4.78 is 16.0. The van der Waals surface area contributed by atoms with Crippen LogP contribution < -0.4 is 25.3 Å². The maximum Gasteiger partial charge on any atom is 0.255 e. The minimum Gasteiger partial charge on any atom is -0.496 e. The summed E-state index contributed by atoms with van der Waals surface area (Å²) >= 11 is 6.03. The second kappa shape index (κ2) is 10.7. The standard InChI is InChI=1S/C20H23ClN2O4.ClH/c1-5-6-13-7-12(8-18(26-3)19(13)27-4)11-23-20(24)14-9-15(21)16(22)10-17(14)25-2;/h5,7-10H,1,6,11,22H2,2-4H3,(H,23,24);1H. The molecule has 0 aromatic heterocycles. The fraction of sp³-hybridized carbons (Fsp3) is 0.250. The van der Waals surface area contributed by atoms with Crippen molar-refractivity contribution in [2.24, 2.45) is 0 Å². The quantitative estimate of drug-likeness (QED) is 0.491. The number of allylic oxidation sites excluding steroid dienone is 1. The molecule has 0 aliphatic carbocycles. The minimum absolute atomic E-state index is 0. The Hall–Kier alpha value is -2.57. The first-order valence-corrected chi connectivity index (χ1v) is 8.58. The first-order valence-electron chi connectivity index (χ1n) is 8.21. The number of methoxy groups -OCH3 is 3. The van der Waals surface area contributed by atoms with Crippen LogP contribution in [0.2, 0.25) is 5.02 Å². The van der Waals surface area contributed by atoms with Crippen LogP contribution in [0.5, 0.6) is 17.2 Å². The molecule has 8 heteroatoms. The average molecular weight is 427 g/mol. The van der Waals surface area contributed by atoms with Crippen LogP contribution in [0.25, 0.3) is 0 Å². The van der Waals surface area contributed by atoms with Crippen LogP contribution in [0.1, 0.15) is 21.5 Å². The van der Waals surface area contributed by atoms with Crippen LogP contribution in [0.4, 0.5) is 5.69 Å². The molecule has 0 unspecified atom stereocenters. The van der Waals surface area contributed by atoms with Gasteiger partial charge in [0.25, 0.3) is 5.91 Å². The molecule has 0 aliphatic rings. The topological polar surface area (TPSA) is 82.8 Å². The number of anilines is 1. The summed E-state index contributed by atoms with van der Waals surface area (Å²) in [5.41, 5.74) is 8.19. The summed E-state index contributed by atoms with van der Waals surface area (Å²) in [5.74, 6) is 1.27. The van der Waals surface area contributed by atoms with Crippen molar-refractivity contribution >= 4 is 35.6 Å². The van der Waals surface area contributed by atoms with Crippen molar-refractivity contribution < 1.29 is 19.0 Å². The van der Waals surface area contributed by atoms with Crippen molar-refractivity contribution in [3.8, 4) is 17.2 Å². The van der Waals surface area contributed by atoms with Crippen LogP contribution in [-0.2, 0) is 13.0 Å². The third-order valence-corrected chi connectivity index (χ3v) is 4.32. The van der Waals surface area contributed by atoms with Gasteiger partial charge in [0.05, 0.1) is 37.6 Å². The Kier molecular flexibility index (Phi) is 8.96. The van der Waals surface area contributed by atoms with Gasteiger partial charge < -0.3 is 25.3 Å². The maximum atomic E-state index is 12.6. The van der Waals surface area contributed by atoms with Gasteiger partial charge in [-0.1, -0.05) is 17.7 Å². The van der Waals surface area contributed by atoms with Gasteiger partial charge in [0.15, 0.2) is 11.5 Å². The zero-order valence-electron chi connectivity index (χ0n) is 16.0. The van der Waals surface area contributed by atoms with Crippen molar-refractivity contribution in [1.82, 2.24) is 5.32 Å². The van der Waals surface area contributed by atoms with Crippen LogP contribution in [0.15, 0.2) is 36.9 Å². The second-order valence-corrected chi connectivity index (χ2v) is 6.15. The second-order valence-electron chi connectivity index (χ2n) is 5.74. The number of ether oxygens (including phenoxy) is 3. The Morgan fingerprint density at radius 3 is 2.39 bits per heavy atom. The number of nitrogen functional groups attached to an aromatic ring is 1. The Morgan fingerprint density at radius 1 is 1.14 bits per heavy atom. The smallest absolute Gasteiger partial charge is 0.255 e. The molecule has 0 bridgehead atoms. The predicted octanol–water partition coefficient (Wildman–Crippen LogP) is 4.03. The molecule has 0 saturated carbocycles. The SMILES string of the molecule is C=CCc1cc(CNC(=O)c2cc(Cl)c(N)cc2OC)cc(OC)c1OC.Cl. The zero-order chi connectivity index (χ0) is 20.0. The van der Waals surface area contributed by atoms with Gasteiger partial charge in [0.1, 0.15) is 5.75 Å². The molecule has 6 nitrogen and oxygen atoms in total. The Morgan fingerprint density at radius 2 is 1.82 bits per heavy atom. The number of nitrogens with two attached hydrogens (primary N) is 1. The fourth-order valence-electron chi connectivity index (χ4n) is 2.71. The monoisotopic (exact) mass is 426 g/mol. The highest BCUT2D eigenvalue weighted by atomic mass is 35.5. The normalized spacial score (nSPS) is 9.86. The first kappa shape index (κ1) is 23.5. The number of halogens is 2. The lowest BCUT2D eigenvalue weighted by Crippen LogP contribution is -2.23. The Bertz CT molecular complexity index is 857. The number of rotatable bonds is 8. The number of amides is 1. The van der Waals surface area contributed by atoms with E-state index in [2.05, 4.69) is 11.9 Å². The molecule has 0 heterocycles. The highest BCUT2D eigenvalue weighted by Gasteiger charge is 2.16. The average Bonchev–Trinajstić information content (AvgIpc) is 2.67. The van der Waals surface area contributed by atoms with Gasteiger partial charge in [-0.2, -0.15) is 0 Å². The molecule has 0 spiro atoms. The fourth-order valence-corrected chi connectivity index (χ4v) is 2.87. The largest absolute Gasteiger partial charge is 0.496 e. The predicted molar refractivity (Wildman–Crippen MR) is 114 cm³/mol. The molecule has 1 amide bonds. The van der Waals surface area contributed by atoms with E-state index in [4.69, 9.17) is 31.5 Å². The van der Waals surface area contributed by atoms with E-state index >= 15 is 0 Å². The van der Waals surface area contributed by atoms with E-state index in [-0.39, 0.29) is 24.9 Å². The van der Waals surface area contributed by atoms with Gasteiger partial charge in [-0.25, -0.2) is 0 Å². The third-order valence-electron chi connectivity index (χ3n) is 4.00. The molecule has 0 atom stereocenters. The van der Waals surface area contributed by atoms with Crippen LogP contribution in [0, 0.1) is 0 Å². The summed E-state index contributed by atoms with van der Waals surface area (Å²) in [6.07, 6.45) is 2.39. The highest BCUT2D eigenvalue weighted by molar-refractivity contribution is 6.33. The zero-order valence-corrected chi connectivity index (χ0v) is 17.6. The summed E-state index contributed by atoms with van der Waals surface area (Å²) in [6.45, 7) is 4.05. The van der Waals surface area contributed by atoms with E-state index < -0.39 is 0 Å². The Balaban J connectivity index is 0.00000392. The van der Waals surface area contributed by atoms with E-state index in [1.54, 1.807) is 20.3 Å². The number of carbonyl (C=O) groups is 1. The number of carbonyl (C=O) groups excluding carboxylic acids is 1. The molecule has 0 saturated heterocycles. The lowest BCUT2D eigenvalue weighted by molar-refractivity contribution is 0.0948. The van der Waals surface area contributed by atoms with Crippen LogP contribution in [0.3, 0.4) is 0 Å². The molecule has 2 rings (SSSR count). The number of hydrogen-bond donors (Lipinski definition) is 2. The molecular formula is C20H24Cl2N2O4. The van der Waals surface area contributed by atoms with E-state index in [0.29, 0.717) is 39.9 Å². The third kappa shape index (κ3) is 5.24. The minimum atomic E-state index is -0.325. The van der Waals surface area contributed by atoms with E-state index in [9.17, 15) is 4.79 Å². The molecule has 0 aliphatic heterocycles. The summed E-state index contributed by atoms with van der Waals surface area (Å²) in [4.78, 5) is 12.6. The van der Waals surface area contributed by atoms with Crippen molar-refractivity contribution in [1.29, 1.82) is 0 Å². The number of benzene rings is 2. The lowest BCUT2D eigenvalue weighted by atomic mass is 10.1. The molecule has 28 heavy (non-hydrogen) atoms. The molecule has 2 aromatic carbocycles. The molecule has 2 aromatic rings. The van der Waals surface area contributed by atoms with E-state index in [1.165, 1.54) is 19.2 Å². The van der Waals surface area contributed by atoms with Crippen LogP contribution >= 0.6 is 24.0 Å². The molecule has 3 N–H and O–H groups in total. The van der Waals surface area contributed by atoms with Crippen molar-refractivity contribution in [3.05, 3.63) is 58.6 Å². The number of nitrogens with one attached hydrogen (secondary N) is 1. The Labute approximate surface area is 176 Å². The van der Waals surface area contributed by atoms with Crippen molar-refractivity contribution in [2.75, 3.05) is 27.1 Å². The van der Waals surface area contributed by atoms with E-state index in [1.807, 2.05) is 12.1 Å². The van der Waals surface area contributed by atoms with Gasteiger partial charge in [-0.05, 0) is 30.2 Å². The van der Waals surface area contributed by atoms with Crippen molar-refractivity contribution in [2.45, 2.75) is 13.0 Å².